The van der Waals surface area contributed by atoms with Gasteiger partial charge >= 0.3 is 19.5 Å². The average Bonchev–Trinajstić information content (AvgIpc) is 2.50. The summed E-state index contributed by atoms with van der Waals surface area (Å²) in [5.41, 5.74) is 2.47. The van der Waals surface area contributed by atoms with Gasteiger partial charge in [0.05, 0.1) is 5.69 Å². The molecule has 0 aliphatic rings. The monoisotopic (exact) mass is 455 g/mol. The number of rotatable bonds is 6. The summed E-state index contributed by atoms with van der Waals surface area (Å²) in [7, 11) is -0.135. The van der Waals surface area contributed by atoms with Gasteiger partial charge in [-0.1, -0.05) is 69.4 Å². The Bertz CT molecular complexity index is 465. The van der Waals surface area contributed by atoms with Gasteiger partial charge in [-0.2, -0.15) is 0 Å². The minimum atomic E-state index is -0.135. The summed E-state index contributed by atoms with van der Waals surface area (Å²) in [6.07, 6.45) is 1.12. The Morgan fingerprint density at radius 2 is 1.40 bits per heavy atom. The van der Waals surface area contributed by atoms with Gasteiger partial charge in [0.2, 0.25) is 0 Å². The zero-order valence-electron chi connectivity index (χ0n) is 17.3. The molecule has 0 radical (unpaired) electrons. The van der Waals surface area contributed by atoms with E-state index >= 15 is 0 Å². The fourth-order valence-electron chi connectivity index (χ4n) is 3.02. The van der Waals surface area contributed by atoms with Crippen molar-refractivity contribution in [3.63, 3.8) is 0 Å². The third kappa shape index (κ3) is 9.93. The number of hydrogen-bond acceptors (Lipinski definition) is 3. The second-order valence-corrected chi connectivity index (χ2v) is 11.9. The second kappa shape index (κ2) is 12.3. The molecule has 0 aliphatic carbocycles. The Hall–Kier alpha value is -0.167. The van der Waals surface area contributed by atoms with Crippen LogP contribution in [0.3, 0.4) is 0 Å². The molecule has 0 aliphatic heterocycles. The summed E-state index contributed by atoms with van der Waals surface area (Å²) >= 11 is 0. The number of carbonyl (C=O) groups excluding carboxylic acids is 1. The van der Waals surface area contributed by atoms with Crippen molar-refractivity contribution >= 4 is 14.7 Å². The number of pyridine rings is 1. The van der Waals surface area contributed by atoms with E-state index in [1.165, 1.54) is 11.4 Å². The van der Waals surface area contributed by atoms with E-state index in [1.807, 2.05) is 0 Å². The van der Waals surface area contributed by atoms with Crippen molar-refractivity contribution < 1.29 is 24.3 Å². The Kier molecular flexibility index (Phi) is 13.3. The summed E-state index contributed by atoms with van der Waals surface area (Å²) in [6, 6.07) is 6.55. The van der Waals surface area contributed by atoms with Crippen LogP contribution in [0.1, 0.15) is 66.8 Å². The fourth-order valence-corrected chi connectivity index (χ4v) is 6.49. The SMILES string of the molecule is CCN(CC)Cc1cccc(CP(C(C)(C)C)C(C)(C)C)n1.[CH-]=O.[RuH2]. The topological polar surface area (TPSA) is 33.2 Å². The van der Waals surface area contributed by atoms with Gasteiger partial charge in [-0.3, -0.25) is 16.7 Å². The zero-order chi connectivity index (χ0) is 19.0. The van der Waals surface area contributed by atoms with Gasteiger partial charge in [0.25, 0.3) is 0 Å². The number of aromatic nitrogens is 1. The molecule has 0 saturated carbocycles. The molecule has 148 valence electrons. The molecule has 0 saturated heterocycles. The van der Waals surface area contributed by atoms with Crippen molar-refractivity contribution in [1.29, 1.82) is 0 Å². The molecule has 0 fully saturated rings. The molecular weight excluding hydrogens is 416 g/mol. The van der Waals surface area contributed by atoms with Crippen LogP contribution >= 0.6 is 7.92 Å². The van der Waals surface area contributed by atoms with E-state index in [2.05, 4.69) is 85.3 Å². The standard InChI is InChI=1S/C19H35N2P.CHO.Ru.2H/c1-9-21(10-2)14-16-12-11-13-17(20-16)15-22(18(3,4)5)19(6,7)8;1-2;;;/h11-13H,9-10,14-15H2,1-8H3;1H;;;/q;-1;;;. The summed E-state index contributed by atoms with van der Waals surface area (Å²) < 4.78 is 0. The van der Waals surface area contributed by atoms with Crippen molar-refractivity contribution in [2.45, 2.75) is 78.4 Å². The van der Waals surface area contributed by atoms with Crippen molar-refractivity contribution in [3.05, 3.63) is 29.6 Å². The Labute approximate surface area is 169 Å². The number of nitrogens with zero attached hydrogens (tertiary/aromatic N) is 2. The third-order valence-electron chi connectivity index (χ3n) is 4.08. The Balaban J connectivity index is 0. The average molecular weight is 455 g/mol. The van der Waals surface area contributed by atoms with Gasteiger partial charge in [-0.05, 0) is 35.5 Å². The first kappa shape index (κ1) is 27.1. The summed E-state index contributed by atoms with van der Waals surface area (Å²) in [5, 5.41) is 0.703. The zero-order valence-corrected chi connectivity index (χ0v) is 20.2. The maximum absolute atomic E-state index is 7.75. The third-order valence-corrected chi connectivity index (χ3v) is 7.96. The van der Waals surface area contributed by atoms with Crippen molar-refractivity contribution in [3.8, 4) is 0 Å². The van der Waals surface area contributed by atoms with E-state index in [4.69, 9.17) is 9.78 Å². The maximum atomic E-state index is 7.75. The van der Waals surface area contributed by atoms with Crippen molar-refractivity contribution in [2.75, 3.05) is 13.1 Å². The van der Waals surface area contributed by atoms with Gasteiger partial charge in [-0.25, -0.2) is 0 Å². The molecule has 1 heterocycles. The quantitative estimate of drug-likeness (QED) is 0.271. The molecule has 0 N–H and O–H groups in total. The van der Waals surface area contributed by atoms with E-state index in [0.717, 1.165) is 25.8 Å². The molecular formula is C20H38N2OPRu-. The van der Waals surface area contributed by atoms with Crippen LogP contribution in [0.15, 0.2) is 18.2 Å². The van der Waals surface area contributed by atoms with Crippen LogP contribution in [0, 0.1) is 0 Å². The van der Waals surface area contributed by atoms with Crippen LogP contribution in [0.5, 0.6) is 0 Å². The van der Waals surface area contributed by atoms with Crippen LogP contribution in [-0.2, 0) is 37.0 Å². The molecule has 1 aromatic heterocycles. The number of hydrogen-bond donors (Lipinski definition) is 0. The molecule has 1 aromatic rings. The summed E-state index contributed by atoms with van der Waals surface area (Å²) in [6.45, 7) is 25.1. The van der Waals surface area contributed by atoms with Crippen LogP contribution in [-0.4, -0.2) is 40.1 Å². The molecule has 0 atom stereocenters. The van der Waals surface area contributed by atoms with Crippen molar-refractivity contribution in [2.24, 2.45) is 0 Å². The van der Waals surface area contributed by atoms with Gasteiger partial charge in [0, 0.05) is 18.4 Å². The molecule has 5 heteroatoms. The van der Waals surface area contributed by atoms with Gasteiger partial charge in [0.15, 0.2) is 0 Å². The van der Waals surface area contributed by atoms with E-state index in [-0.39, 0.29) is 27.4 Å². The van der Waals surface area contributed by atoms with Gasteiger partial charge < -0.3 is 4.79 Å². The first-order chi connectivity index (χ1) is 11.1. The first-order valence-electron chi connectivity index (χ1n) is 8.76. The van der Waals surface area contributed by atoms with Crippen LogP contribution in [0.2, 0.25) is 0 Å². The minimum absolute atomic E-state index is 0. The van der Waals surface area contributed by atoms with E-state index < -0.39 is 0 Å². The van der Waals surface area contributed by atoms with Crippen LogP contribution < -0.4 is 0 Å². The molecule has 0 aromatic carbocycles. The van der Waals surface area contributed by atoms with Gasteiger partial charge in [-0.15, -0.1) is 0 Å². The summed E-state index contributed by atoms with van der Waals surface area (Å²) in [4.78, 5) is 15.1. The molecule has 0 amide bonds. The summed E-state index contributed by atoms with van der Waals surface area (Å²) in [5.74, 6) is 0. The Morgan fingerprint density at radius 1 is 0.960 bits per heavy atom. The molecule has 25 heavy (non-hydrogen) atoms. The van der Waals surface area contributed by atoms with Gasteiger partial charge in [0.1, 0.15) is 0 Å². The second-order valence-electron chi connectivity index (χ2n) is 8.01. The van der Waals surface area contributed by atoms with Crippen molar-refractivity contribution in [1.82, 2.24) is 9.88 Å². The van der Waals surface area contributed by atoms with Crippen LogP contribution in [0.25, 0.3) is 0 Å². The van der Waals surface area contributed by atoms with Crippen LogP contribution in [0.4, 0.5) is 0 Å². The van der Waals surface area contributed by atoms with E-state index in [1.54, 1.807) is 0 Å². The van der Waals surface area contributed by atoms with E-state index in [9.17, 15) is 0 Å². The predicted molar refractivity (Wildman–Crippen MR) is 111 cm³/mol. The molecule has 1 rings (SSSR count). The predicted octanol–water partition coefficient (Wildman–Crippen LogP) is 4.69. The molecule has 3 nitrogen and oxygen atoms in total. The fraction of sp³-hybridized carbons (Fsp3) is 0.700. The first-order valence-corrected chi connectivity index (χ1v) is 10.3. The molecule has 0 spiro atoms. The van der Waals surface area contributed by atoms with E-state index in [0.29, 0.717) is 10.3 Å². The molecule has 0 unspecified atom stereocenters. The Morgan fingerprint density at radius 3 is 1.80 bits per heavy atom. The normalized spacial score (nSPS) is 11.8. The molecule has 0 bridgehead atoms.